The van der Waals surface area contributed by atoms with Gasteiger partial charge in [-0.2, -0.15) is 0 Å². The molecule has 15 heteroatoms. The molecule has 1 aliphatic rings. The van der Waals surface area contributed by atoms with Crippen LogP contribution >= 0.6 is 63.5 Å². The quantitative estimate of drug-likeness (QED) is 0.295. The molecule has 0 amide bonds. The fraction of sp³-hybridized carbons (Fsp3) is 1.00. The molecule has 1 fully saturated rings. The summed E-state index contributed by atoms with van der Waals surface area (Å²) < 4.78 is 62.6. The normalized spacial score (nSPS) is 30.3. The lowest BCUT2D eigenvalue weighted by atomic mass is 10.6. The Hall–Kier alpha value is 1.63. The maximum atomic E-state index is 12.3. The van der Waals surface area contributed by atoms with Crippen LogP contribution in [0.5, 0.6) is 0 Å². The van der Waals surface area contributed by atoms with Crippen molar-refractivity contribution in [2.24, 2.45) is 0 Å². The first kappa shape index (κ1) is 33.3. The van der Waals surface area contributed by atoms with Crippen LogP contribution in [0.1, 0.15) is 53.4 Å². The first-order valence-corrected chi connectivity index (χ1v) is 17.1. The third-order valence-corrected chi connectivity index (χ3v) is 13.7. The fourth-order valence-corrected chi connectivity index (χ4v) is 12.8. The largest absolute Gasteiger partial charge is 0.412 e. The van der Waals surface area contributed by atoms with Crippen molar-refractivity contribution in [1.29, 1.82) is 0 Å². The van der Waals surface area contributed by atoms with Gasteiger partial charge < -0.3 is 5.48 Å². The Morgan fingerprint density at radius 2 is 0.963 bits per heavy atom. The first-order valence-electron chi connectivity index (χ1n) is 8.26. The van der Waals surface area contributed by atoms with Crippen LogP contribution < -0.4 is 0 Å². The van der Waals surface area contributed by atoms with Gasteiger partial charge >= 0.3 is 22.8 Å². The van der Waals surface area contributed by atoms with Crippen molar-refractivity contribution in [3.05, 3.63) is 0 Å². The average molecular weight is 534 g/mol. The highest BCUT2D eigenvalue weighted by atomic mass is 35.9. The molecular formula is C12H31Cl3O8P4. The third kappa shape index (κ3) is 14.3. The molecule has 0 aromatic rings. The van der Waals surface area contributed by atoms with E-state index in [2.05, 4.69) is 0 Å². The maximum absolute atomic E-state index is 12.3. The molecule has 0 aliphatic carbocycles. The van der Waals surface area contributed by atoms with Crippen molar-refractivity contribution < 1.29 is 36.7 Å². The lowest BCUT2D eigenvalue weighted by molar-refractivity contribution is 0.276. The molecule has 2 N–H and O–H groups in total. The Labute approximate surface area is 178 Å². The van der Waals surface area contributed by atoms with E-state index in [0.717, 1.165) is 6.42 Å². The molecule has 1 rings (SSSR count). The molecule has 1 aliphatic heterocycles. The van der Waals surface area contributed by atoms with E-state index in [4.69, 9.17) is 35.4 Å². The molecule has 0 bridgehead atoms. The molecule has 0 saturated carbocycles. The zero-order valence-corrected chi connectivity index (χ0v) is 21.9. The summed E-state index contributed by atoms with van der Waals surface area (Å²) in [5.74, 6) is -2.72. The van der Waals surface area contributed by atoms with Gasteiger partial charge in [-0.05, 0) is 48.2 Å². The maximum Gasteiger partial charge on any atom is 0.345 e. The van der Waals surface area contributed by atoms with Crippen LogP contribution in [0.4, 0.5) is 0 Å². The van der Waals surface area contributed by atoms with Gasteiger partial charge in [0.05, 0.1) is 18.5 Å². The van der Waals surface area contributed by atoms with Gasteiger partial charge in [0.1, 0.15) is 0 Å². The number of hydrogen-bond donors (Lipinski definition) is 0. The van der Waals surface area contributed by atoms with Gasteiger partial charge in [-0.3, -0.25) is 18.3 Å². The topological polar surface area (TPSA) is 127 Å². The fourth-order valence-electron chi connectivity index (χ4n) is 1.94. The van der Waals surface area contributed by atoms with E-state index in [0.29, 0.717) is 25.4 Å². The molecule has 0 unspecified atom stereocenters. The predicted octanol–water partition coefficient (Wildman–Crippen LogP) is 7.52. The zero-order valence-electron chi connectivity index (χ0n) is 16.0. The minimum absolute atomic E-state index is 0. The summed E-state index contributed by atoms with van der Waals surface area (Å²) in [6, 6.07) is 0. The predicted molar refractivity (Wildman–Crippen MR) is 117 cm³/mol. The molecule has 1 heterocycles. The number of halogens is 3. The Bertz CT molecular complexity index is 517. The summed E-state index contributed by atoms with van der Waals surface area (Å²) in [5.41, 5.74) is 0. The summed E-state index contributed by atoms with van der Waals surface area (Å²) in [4.78, 5) is 0. The second-order valence-electron chi connectivity index (χ2n) is 5.54. The van der Waals surface area contributed by atoms with Crippen LogP contribution in [0.15, 0.2) is 0 Å². The van der Waals surface area contributed by atoms with Crippen LogP contribution in [0.3, 0.4) is 0 Å². The minimum atomic E-state index is -3.57. The van der Waals surface area contributed by atoms with Crippen molar-refractivity contribution in [3.8, 4) is 0 Å². The Morgan fingerprint density at radius 3 is 1.07 bits per heavy atom. The van der Waals surface area contributed by atoms with Crippen molar-refractivity contribution >= 4 is 63.5 Å². The van der Waals surface area contributed by atoms with Crippen molar-refractivity contribution in [2.45, 2.75) is 53.4 Å². The van der Waals surface area contributed by atoms with Crippen LogP contribution in [0, 0.1) is 0 Å². The second kappa shape index (κ2) is 14.6. The molecule has 168 valence electrons. The van der Waals surface area contributed by atoms with E-state index in [9.17, 15) is 18.3 Å². The van der Waals surface area contributed by atoms with Gasteiger partial charge in [0, 0.05) is 6.16 Å². The highest BCUT2D eigenvalue weighted by Crippen LogP contribution is 2.82. The number of rotatable bonds is 8. The molecule has 1 saturated heterocycles. The van der Waals surface area contributed by atoms with Crippen LogP contribution in [0.2, 0.25) is 0 Å². The van der Waals surface area contributed by atoms with Crippen LogP contribution in [-0.2, 0) is 31.2 Å². The van der Waals surface area contributed by atoms with Gasteiger partial charge in [0.15, 0.2) is 0 Å². The lowest BCUT2D eigenvalue weighted by Gasteiger charge is -2.33. The molecule has 0 aromatic carbocycles. The molecule has 0 aromatic heterocycles. The van der Waals surface area contributed by atoms with Gasteiger partial charge in [-0.1, -0.05) is 27.7 Å². The molecular weight excluding hydrogens is 502 g/mol. The molecule has 0 atom stereocenters. The summed E-state index contributed by atoms with van der Waals surface area (Å²) in [5, 5.41) is 0. The number of hydrogen-bond acceptors (Lipinski definition) is 7. The molecule has 27 heavy (non-hydrogen) atoms. The third-order valence-electron chi connectivity index (χ3n) is 2.72. The SMILES string of the molecule is CCCP(=O)(Cl)Cl.CCCP1(=O)OP(=O)(CCC)OP(=O)(CCC)O1.Cl.O. The Morgan fingerprint density at radius 1 is 0.704 bits per heavy atom. The summed E-state index contributed by atoms with van der Waals surface area (Å²) in [7, 11) is -10.7. The standard InChI is InChI=1S/C9H21O6P3.C3H7Cl2OP.ClH.H2O/c1-4-7-16(10)13-17(11,8-5-2)15-18(12,14-16)9-6-3;1-2-3-7(4,5)6;;/h4-9H2,1-3H3;2-3H2,1H3;1H;1H2. The van der Waals surface area contributed by atoms with Crippen molar-refractivity contribution in [2.75, 3.05) is 24.6 Å². The average Bonchev–Trinajstić information content (AvgIpc) is 2.35. The lowest BCUT2D eigenvalue weighted by Crippen LogP contribution is -2.10. The van der Waals surface area contributed by atoms with Crippen LogP contribution in [-0.4, -0.2) is 30.1 Å². The smallest absolute Gasteiger partial charge is 0.345 e. The Balaban J connectivity index is -0.000000552. The highest BCUT2D eigenvalue weighted by molar-refractivity contribution is 8.08. The van der Waals surface area contributed by atoms with E-state index in [-0.39, 0.29) is 36.4 Å². The highest BCUT2D eigenvalue weighted by Gasteiger charge is 2.51. The van der Waals surface area contributed by atoms with Gasteiger partial charge in [-0.15, -0.1) is 12.4 Å². The van der Waals surface area contributed by atoms with Gasteiger partial charge in [0.25, 0.3) is 5.85 Å². The van der Waals surface area contributed by atoms with E-state index >= 15 is 0 Å². The summed E-state index contributed by atoms with van der Waals surface area (Å²) >= 11 is 10.3. The monoisotopic (exact) mass is 532 g/mol. The molecule has 8 nitrogen and oxygen atoms in total. The summed E-state index contributed by atoms with van der Waals surface area (Å²) in [6.07, 6.45) is 3.15. The second-order valence-corrected chi connectivity index (χ2v) is 17.9. The van der Waals surface area contributed by atoms with Crippen LogP contribution in [0.25, 0.3) is 0 Å². The Kier molecular flexibility index (Phi) is 18.0. The molecule has 0 spiro atoms. The molecule has 0 radical (unpaired) electrons. The first-order chi connectivity index (χ1) is 11.4. The zero-order chi connectivity index (χ0) is 19.8. The van der Waals surface area contributed by atoms with Gasteiger partial charge in [-0.25, -0.2) is 12.9 Å². The van der Waals surface area contributed by atoms with E-state index in [1.165, 1.54) is 0 Å². The van der Waals surface area contributed by atoms with E-state index < -0.39 is 28.6 Å². The van der Waals surface area contributed by atoms with Crippen molar-refractivity contribution in [3.63, 3.8) is 0 Å². The van der Waals surface area contributed by atoms with E-state index in [1.807, 2.05) is 6.92 Å². The summed E-state index contributed by atoms with van der Waals surface area (Å²) in [6.45, 7) is 7.30. The van der Waals surface area contributed by atoms with Gasteiger partial charge in [0.2, 0.25) is 0 Å². The van der Waals surface area contributed by atoms with E-state index in [1.54, 1.807) is 20.8 Å². The van der Waals surface area contributed by atoms with Crippen molar-refractivity contribution in [1.82, 2.24) is 0 Å². The minimum Gasteiger partial charge on any atom is -0.412 e.